The van der Waals surface area contributed by atoms with E-state index in [1.807, 2.05) is 6.26 Å². The third-order valence-electron chi connectivity index (χ3n) is 4.17. The summed E-state index contributed by atoms with van der Waals surface area (Å²) in [7, 11) is 2.07. The summed E-state index contributed by atoms with van der Waals surface area (Å²) in [6.07, 6.45) is 9.22. The number of rotatable bonds is 4. The molecule has 2 unspecified atom stereocenters. The molecule has 1 heterocycles. The Bertz CT molecular complexity index is 320. The van der Waals surface area contributed by atoms with E-state index in [4.69, 9.17) is 4.42 Å². The largest absolute Gasteiger partial charge is 0.472 e. The Morgan fingerprint density at radius 2 is 2.27 bits per heavy atom. The number of hydrogen-bond donors (Lipinski definition) is 1. The molecule has 0 bridgehead atoms. The van der Waals surface area contributed by atoms with Crippen molar-refractivity contribution < 1.29 is 4.42 Å². The average Bonchev–Trinajstić information content (AvgIpc) is 2.67. The van der Waals surface area contributed by atoms with Crippen LogP contribution in [0.15, 0.2) is 23.0 Å². The molecule has 2 fully saturated rings. The smallest absolute Gasteiger partial charge is 0.0934 e. The van der Waals surface area contributed by atoms with Crippen molar-refractivity contribution in [3.8, 4) is 0 Å². The molecule has 0 amide bonds. The van der Waals surface area contributed by atoms with Gasteiger partial charge in [-0.1, -0.05) is 0 Å². The van der Waals surface area contributed by atoms with Crippen LogP contribution in [0.2, 0.25) is 0 Å². The Kier molecular flexibility index (Phi) is 2.13. The standard InChI is InChI=1S/C13H19NO/c1-14-9-13(5-10-2-3-15-8-10)6-11-4-12(11)7-13/h2-3,8,11-12,14H,4-7,9H2,1H3. The lowest BCUT2D eigenvalue weighted by atomic mass is 9.78. The summed E-state index contributed by atoms with van der Waals surface area (Å²) < 4.78 is 5.17. The quantitative estimate of drug-likeness (QED) is 0.816. The van der Waals surface area contributed by atoms with Gasteiger partial charge in [-0.3, -0.25) is 0 Å². The van der Waals surface area contributed by atoms with Crippen LogP contribution in [0.5, 0.6) is 0 Å². The van der Waals surface area contributed by atoms with Crippen molar-refractivity contribution in [1.82, 2.24) is 5.32 Å². The number of furan rings is 1. The molecule has 0 aliphatic heterocycles. The van der Waals surface area contributed by atoms with Crippen molar-refractivity contribution in [1.29, 1.82) is 0 Å². The molecule has 0 radical (unpaired) electrons. The first-order chi connectivity index (χ1) is 7.31. The molecular formula is C13H19NO. The Hall–Kier alpha value is -0.760. The Morgan fingerprint density at radius 3 is 2.87 bits per heavy atom. The summed E-state index contributed by atoms with van der Waals surface area (Å²) in [5.74, 6) is 2.09. The minimum absolute atomic E-state index is 0.520. The van der Waals surface area contributed by atoms with Crippen molar-refractivity contribution in [2.24, 2.45) is 17.3 Å². The summed E-state index contributed by atoms with van der Waals surface area (Å²) in [6.45, 7) is 1.16. The van der Waals surface area contributed by atoms with Crippen LogP contribution in [0.3, 0.4) is 0 Å². The predicted molar refractivity (Wildman–Crippen MR) is 59.6 cm³/mol. The first-order valence-electron chi connectivity index (χ1n) is 5.97. The lowest BCUT2D eigenvalue weighted by molar-refractivity contribution is 0.254. The molecule has 2 nitrogen and oxygen atoms in total. The van der Waals surface area contributed by atoms with Crippen LogP contribution in [0, 0.1) is 17.3 Å². The lowest BCUT2D eigenvalue weighted by Crippen LogP contribution is -2.33. The van der Waals surface area contributed by atoms with E-state index in [-0.39, 0.29) is 0 Å². The van der Waals surface area contributed by atoms with Crippen molar-refractivity contribution in [3.05, 3.63) is 24.2 Å². The van der Waals surface area contributed by atoms with Crippen LogP contribution in [0.4, 0.5) is 0 Å². The maximum atomic E-state index is 5.17. The van der Waals surface area contributed by atoms with Gasteiger partial charge in [0, 0.05) is 6.54 Å². The van der Waals surface area contributed by atoms with Gasteiger partial charge in [-0.15, -0.1) is 0 Å². The minimum atomic E-state index is 0.520. The van der Waals surface area contributed by atoms with Crippen LogP contribution in [-0.2, 0) is 6.42 Å². The number of fused-ring (bicyclic) bond motifs is 1. The van der Waals surface area contributed by atoms with E-state index in [1.54, 1.807) is 6.26 Å². The van der Waals surface area contributed by atoms with Crippen LogP contribution >= 0.6 is 0 Å². The molecule has 2 heteroatoms. The Labute approximate surface area is 91.0 Å². The molecule has 1 N–H and O–H groups in total. The molecule has 2 saturated carbocycles. The van der Waals surface area contributed by atoms with Crippen LogP contribution < -0.4 is 5.32 Å². The Balaban J connectivity index is 1.73. The fraction of sp³-hybridized carbons (Fsp3) is 0.692. The van der Waals surface area contributed by atoms with E-state index in [2.05, 4.69) is 18.4 Å². The molecule has 0 spiro atoms. The zero-order valence-corrected chi connectivity index (χ0v) is 9.33. The van der Waals surface area contributed by atoms with E-state index in [1.165, 1.54) is 31.2 Å². The molecule has 15 heavy (non-hydrogen) atoms. The van der Waals surface area contributed by atoms with Crippen molar-refractivity contribution in [3.63, 3.8) is 0 Å². The van der Waals surface area contributed by atoms with E-state index < -0.39 is 0 Å². The Morgan fingerprint density at radius 1 is 1.47 bits per heavy atom. The molecule has 0 aromatic carbocycles. The van der Waals surface area contributed by atoms with Gasteiger partial charge in [0.2, 0.25) is 0 Å². The normalized spacial score (nSPS) is 37.9. The van der Waals surface area contributed by atoms with E-state index >= 15 is 0 Å². The lowest BCUT2D eigenvalue weighted by Gasteiger charge is -2.30. The fourth-order valence-electron chi connectivity index (χ4n) is 3.56. The van der Waals surface area contributed by atoms with Gasteiger partial charge in [0.05, 0.1) is 12.5 Å². The van der Waals surface area contributed by atoms with Crippen molar-refractivity contribution in [2.45, 2.75) is 25.7 Å². The monoisotopic (exact) mass is 205 g/mol. The highest BCUT2D eigenvalue weighted by molar-refractivity contribution is 5.14. The molecule has 2 aliphatic carbocycles. The second-order valence-electron chi connectivity index (χ2n) is 5.50. The average molecular weight is 205 g/mol. The zero-order chi connectivity index (χ0) is 10.3. The van der Waals surface area contributed by atoms with E-state index in [9.17, 15) is 0 Å². The van der Waals surface area contributed by atoms with Crippen LogP contribution in [0.1, 0.15) is 24.8 Å². The van der Waals surface area contributed by atoms with Gasteiger partial charge in [0.1, 0.15) is 0 Å². The van der Waals surface area contributed by atoms with E-state index in [0.717, 1.165) is 18.4 Å². The van der Waals surface area contributed by atoms with Gasteiger partial charge < -0.3 is 9.73 Å². The first-order valence-corrected chi connectivity index (χ1v) is 5.97. The van der Waals surface area contributed by atoms with Crippen LogP contribution in [0.25, 0.3) is 0 Å². The van der Waals surface area contributed by atoms with Gasteiger partial charge in [-0.2, -0.15) is 0 Å². The van der Waals surface area contributed by atoms with Gasteiger partial charge in [0.15, 0.2) is 0 Å². The molecule has 0 saturated heterocycles. The topological polar surface area (TPSA) is 25.2 Å². The summed E-state index contributed by atoms with van der Waals surface area (Å²) in [6, 6.07) is 2.11. The predicted octanol–water partition coefficient (Wildman–Crippen LogP) is 2.46. The molecule has 82 valence electrons. The van der Waals surface area contributed by atoms with Crippen molar-refractivity contribution in [2.75, 3.05) is 13.6 Å². The highest BCUT2D eigenvalue weighted by Gasteiger charge is 2.53. The highest BCUT2D eigenvalue weighted by Crippen LogP contribution is 2.60. The zero-order valence-electron chi connectivity index (χ0n) is 9.33. The molecule has 1 aromatic rings. The second kappa shape index (κ2) is 3.38. The maximum absolute atomic E-state index is 5.17. The molecule has 2 atom stereocenters. The summed E-state index contributed by atoms with van der Waals surface area (Å²) in [4.78, 5) is 0. The van der Waals surface area contributed by atoms with E-state index in [0.29, 0.717) is 5.41 Å². The summed E-state index contributed by atoms with van der Waals surface area (Å²) >= 11 is 0. The SMILES string of the molecule is CNCC1(Cc2ccoc2)CC2CC2C1. The summed E-state index contributed by atoms with van der Waals surface area (Å²) in [5.41, 5.74) is 1.89. The highest BCUT2D eigenvalue weighted by atomic mass is 16.3. The van der Waals surface area contributed by atoms with Crippen LogP contribution in [-0.4, -0.2) is 13.6 Å². The number of nitrogens with one attached hydrogen (secondary N) is 1. The molecular weight excluding hydrogens is 186 g/mol. The maximum Gasteiger partial charge on any atom is 0.0934 e. The van der Waals surface area contributed by atoms with Gasteiger partial charge >= 0.3 is 0 Å². The third-order valence-corrected chi connectivity index (χ3v) is 4.17. The van der Waals surface area contributed by atoms with Gasteiger partial charge in [-0.05, 0) is 61.6 Å². The molecule has 2 aliphatic rings. The number of hydrogen-bond acceptors (Lipinski definition) is 2. The molecule has 1 aromatic heterocycles. The first kappa shape index (κ1) is 9.46. The van der Waals surface area contributed by atoms with Gasteiger partial charge in [0.25, 0.3) is 0 Å². The minimum Gasteiger partial charge on any atom is -0.472 e. The second-order valence-corrected chi connectivity index (χ2v) is 5.50. The molecule has 3 rings (SSSR count). The fourth-order valence-corrected chi connectivity index (χ4v) is 3.56. The summed E-state index contributed by atoms with van der Waals surface area (Å²) in [5, 5.41) is 3.37. The van der Waals surface area contributed by atoms with Gasteiger partial charge in [-0.25, -0.2) is 0 Å². The van der Waals surface area contributed by atoms with Crippen molar-refractivity contribution >= 4 is 0 Å². The third kappa shape index (κ3) is 1.71.